The summed E-state index contributed by atoms with van der Waals surface area (Å²) in [5, 5.41) is 12.5. The molecule has 0 spiro atoms. The molecule has 5 rings (SSSR count). The number of hydrogen-bond donors (Lipinski definition) is 2. The Morgan fingerprint density at radius 2 is 2.04 bits per heavy atom. The molecule has 2 aromatic rings. The van der Waals surface area contributed by atoms with Crippen LogP contribution in [0.3, 0.4) is 0 Å². The maximum atomic E-state index is 13.5. The lowest BCUT2D eigenvalue weighted by atomic mass is 9.79. The largest absolute Gasteiger partial charge is 0.505 e. The van der Waals surface area contributed by atoms with Crippen LogP contribution < -0.4 is 5.32 Å². The molecule has 0 aliphatic carbocycles. The van der Waals surface area contributed by atoms with Crippen LogP contribution in [0, 0.1) is 11.7 Å². The number of carbonyl (C=O) groups excluding carboxylic acids is 1. The summed E-state index contributed by atoms with van der Waals surface area (Å²) in [6, 6.07) is 8.46. The summed E-state index contributed by atoms with van der Waals surface area (Å²) in [4.78, 5) is 16.6. The first-order valence-electron chi connectivity index (χ1n) is 8.66. The van der Waals surface area contributed by atoms with Crippen molar-refractivity contribution < 1.29 is 14.3 Å². The monoisotopic (exact) mass is 360 g/mol. The summed E-state index contributed by atoms with van der Waals surface area (Å²) >= 11 is 1.34. The van der Waals surface area contributed by atoms with Crippen molar-refractivity contribution in [3.05, 3.63) is 41.0 Å². The molecule has 3 aliphatic rings. The number of aromatic hydroxyl groups is 1. The van der Waals surface area contributed by atoms with Crippen molar-refractivity contribution in [3.63, 3.8) is 0 Å². The second kappa shape index (κ2) is 6.42. The number of nitrogens with zero attached hydrogens (tertiary/aromatic N) is 1. The maximum absolute atomic E-state index is 13.5. The molecule has 0 unspecified atom stereocenters. The molecular formula is C19H21FN2O2S. The number of nitrogens with one attached hydrogen (secondary N) is 1. The number of phenols is 1. The molecule has 3 saturated heterocycles. The minimum Gasteiger partial charge on any atom is -0.505 e. The zero-order valence-electron chi connectivity index (χ0n) is 14.0. The molecule has 0 saturated carbocycles. The van der Waals surface area contributed by atoms with Gasteiger partial charge in [0.25, 0.3) is 5.91 Å². The number of halogens is 1. The van der Waals surface area contributed by atoms with Crippen molar-refractivity contribution in [2.45, 2.75) is 31.8 Å². The van der Waals surface area contributed by atoms with Crippen molar-refractivity contribution in [2.24, 2.45) is 5.92 Å². The highest BCUT2D eigenvalue weighted by molar-refractivity contribution is 7.17. The summed E-state index contributed by atoms with van der Waals surface area (Å²) in [5.41, 5.74) is 0.663. The zero-order chi connectivity index (χ0) is 17.6. The van der Waals surface area contributed by atoms with Gasteiger partial charge in [-0.25, -0.2) is 4.39 Å². The van der Waals surface area contributed by atoms with Gasteiger partial charge in [0.05, 0.1) is 4.88 Å². The first kappa shape index (κ1) is 16.5. The highest BCUT2D eigenvalue weighted by Gasteiger charge is 2.40. The molecule has 0 radical (unpaired) electrons. The van der Waals surface area contributed by atoms with E-state index in [1.165, 1.54) is 23.5 Å². The van der Waals surface area contributed by atoms with E-state index in [0.29, 0.717) is 22.4 Å². The average Bonchev–Trinajstić information content (AvgIpc) is 3.11. The number of hydrogen-bond acceptors (Lipinski definition) is 4. The van der Waals surface area contributed by atoms with Gasteiger partial charge in [0, 0.05) is 17.0 Å². The van der Waals surface area contributed by atoms with Gasteiger partial charge in [0.15, 0.2) is 11.6 Å². The Kier molecular flexibility index (Phi) is 4.25. The highest BCUT2D eigenvalue weighted by atomic mass is 32.1. The van der Waals surface area contributed by atoms with E-state index in [4.69, 9.17) is 0 Å². The van der Waals surface area contributed by atoms with E-state index in [2.05, 4.69) is 17.1 Å². The lowest BCUT2D eigenvalue weighted by Crippen LogP contribution is -2.62. The van der Waals surface area contributed by atoms with Crippen LogP contribution in [0.4, 0.5) is 4.39 Å². The van der Waals surface area contributed by atoms with Gasteiger partial charge in [-0.1, -0.05) is 0 Å². The van der Waals surface area contributed by atoms with Crippen molar-refractivity contribution in [1.29, 1.82) is 0 Å². The van der Waals surface area contributed by atoms with Crippen molar-refractivity contribution >= 4 is 17.2 Å². The average molecular weight is 360 g/mol. The predicted octanol–water partition coefficient (Wildman–Crippen LogP) is 3.47. The first-order valence-corrected chi connectivity index (χ1v) is 9.48. The summed E-state index contributed by atoms with van der Waals surface area (Å²) in [5.74, 6) is -0.511. The van der Waals surface area contributed by atoms with Crippen LogP contribution in [0.5, 0.6) is 5.75 Å². The fourth-order valence-corrected chi connectivity index (χ4v) is 4.95. The van der Waals surface area contributed by atoms with Crippen LogP contribution in [0.1, 0.15) is 29.4 Å². The molecule has 4 heterocycles. The second-order valence-electron chi connectivity index (χ2n) is 6.94. The summed E-state index contributed by atoms with van der Waals surface area (Å²) in [7, 11) is 0. The molecule has 1 aromatic carbocycles. The number of rotatable bonds is 3. The van der Waals surface area contributed by atoms with E-state index in [1.807, 2.05) is 6.07 Å². The minimum absolute atomic E-state index is 0.0545. The fraction of sp³-hybridized carbons (Fsp3) is 0.421. The Morgan fingerprint density at radius 3 is 2.72 bits per heavy atom. The number of phenolic OH excluding ortho intramolecular Hbond substituents is 1. The Morgan fingerprint density at radius 1 is 1.28 bits per heavy atom. The van der Waals surface area contributed by atoms with Crippen LogP contribution in [-0.2, 0) is 0 Å². The molecule has 1 amide bonds. The maximum Gasteiger partial charge on any atom is 0.261 e. The third kappa shape index (κ3) is 3.04. The second-order valence-corrected chi connectivity index (χ2v) is 8.03. The van der Waals surface area contributed by atoms with E-state index in [1.54, 1.807) is 12.1 Å². The first-order chi connectivity index (χ1) is 12.0. The molecule has 3 aliphatic heterocycles. The van der Waals surface area contributed by atoms with Crippen LogP contribution in [-0.4, -0.2) is 41.1 Å². The van der Waals surface area contributed by atoms with Crippen molar-refractivity contribution in [1.82, 2.24) is 10.2 Å². The number of benzene rings is 1. The number of fused-ring (bicyclic) bond motifs is 3. The van der Waals surface area contributed by atoms with Crippen LogP contribution >= 0.6 is 11.3 Å². The normalized spacial score (nSPS) is 28.1. The van der Waals surface area contributed by atoms with Crippen LogP contribution in [0.25, 0.3) is 10.4 Å². The molecule has 2 atom stereocenters. The molecule has 6 heteroatoms. The van der Waals surface area contributed by atoms with Crippen molar-refractivity contribution in [3.8, 4) is 16.2 Å². The summed E-state index contributed by atoms with van der Waals surface area (Å²) in [6.45, 7) is 4.46. The fourth-order valence-electron chi connectivity index (χ4n) is 4.04. The lowest BCUT2D eigenvalue weighted by Gasteiger charge is -2.49. The number of amides is 1. The Balaban J connectivity index is 1.50. The van der Waals surface area contributed by atoms with E-state index in [9.17, 15) is 14.3 Å². The van der Waals surface area contributed by atoms with Gasteiger partial charge < -0.3 is 10.4 Å². The van der Waals surface area contributed by atoms with Gasteiger partial charge in [0.1, 0.15) is 0 Å². The smallest absolute Gasteiger partial charge is 0.261 e. The lowest BCUT2D eigenvalue weighted by molar-refractivity contribution is 0.0218. The Hall–Kier alpha value is -1.92. The van der Waals surface area contributed by atoms with E-state index in [0.717, 1.165) is 30.8 Å². The van der Waals surface area contributed by atoms with Gasteiger partial charge in [-0.2, -0.15) is 0 Å². The topological polar surface area (TPSA) is 52.6 Å². The Labute approximate surface area is 150 Å². The number of carbonyl (C=O) groups is 1. The van der Waals surface area contributed by atoms with Gasteiger partial charge in [-0.3, -0.25) is 9.69 Å². The molecule has 4 nitrogen and oxygen atoms in total. The summed E-state index contributed by atoms with van der Waals surface area (Å²) in [6.07, 6.45) is 2.30. The molecular weight excluding hydrogens is 339 g/mol. The number of thiophene rings is 1. The molecule has 2 bridgehead atoms. The van der Waals surface area contributed by atoms with Gasteiger partial charge in [0.2, 0.25) is 0 Å². The van der Waals surface area contributed by atoms with Crippen LogP contribution in [0.2, 0.25) is 0 Å². The molecule has 25 heavy (non-hydrogen) atoms. The molecule has 132 valence electrons. The third-order valence-corrected chi connectivity index (χ3v) is 6.67. The van der Waals surface area contributed by atoms with Gasteiger partial charge in [-0.05, 0) is 74.7 Å². The van der Waals surface area contributed by atoms with Gasteiger partial charge >= 0.3 is 0 Å². The minimum atomic E-state index is -0.655. The molecule has 2 N–H and O–H groups in total. The van der Waals surface area contributed by atoms with Crippen molar-refractivity contribution in [2.75, 3.05) is 13.1 Å². The summed E-state index contributed by atoms with van der Waals surface area (Å²) < 4.78 is 13.5. The van der Waals surface area contributed by atoms with E-state index in [-0.39, 0.29) is 17.7 Å². The van der Waals surface area contributed by atoms with Gasteiger partial charge in [-0.15, -0.1) is 11.3 Å². The van der Waals surface area contributed by atoms with Crippen LogP contribution in [0.15, 0.2) is 30.3 Å². The third-order valence-electron chi connectivity index (χ3n) is 5.54. The number of piperidine rings is 3. The molecule has 3 fully saturated rings. The standard InChI is InChI=1S/C19H21FN2O2S/c1-11-18(12-6-8-22(11)9-7-12)21-19(24)17-5-4-16(25-17)13-2-3-15(23)14(20)10-13/h2-5,10-12,18,23H,6-9H2,1H3,(H,21,24)/t11-,18-/m0/s1. The quantitative estimate of drug-likeness (QED) is 0.881. The van der Waals surface area contributed by atoms with E-state index >= 15 is 0 Å². The SMILES string of the molecule is C[C@H]1[C@H](NC(=O)c2ccc(-c3ccc(O)c(F)c3)s2)C2CCN1CC2. The zero-order valence-corrected chi connectivity index (χ0v) is 14.9. The molecule has 1 aromatic heterocycles. The van der Waals surface area contributed by atoms with E-state index < -0.39 is 5.82 Å². The highest BCUT2D eigenvalue weighted by Crippen LogP contribution is 2.34. The predicted molar refractivity (Wildman–Crippen MR) is 96.4 cm³/mol. The Bertz CT molecular complexity index is 796.